The Hall–Kier alpha value is -1.54. The first-order valence-corrected chi connectivity index (χ1v) is 6.66. The van der Waals surface area contributed by atoms with Gasteiger partial charge < -0.3 is 10.1 Å². The summed E-state index contributed by atoms with van der Waals surface area (Å²) < 4.78 is 5.59. The first kappa shape index (κ1) is 11.5. The molecule has 1 N–H and O–H groups in total. The van der Waals surface area contributed by atoms with Crippen molar-refractivity contribution in [2.75, 3.05) is 20.2 Å². The summed E-state index contributed by atoms with van der Waals surface area (Å²) in [5.74, 6) is 1.67. The van der Waals surface area contributed by atoms with Gasteiger partial charge in [-0.25, -0.2) is 0 Å². The molecule has 0 bridgehead atoms. The molecular formula is C16H19NO. The number of rotatable bonds is 2. The number of fused-ring (bicyclic) bond motifs is 1. The van der Waals surface area contributed by atoms with E-state index in [1.807, 2.05) is 0 Å². The van der Waals surface area contributed by atoms with Crippen molar-refractivity contribution in [1.82, 2.24) is 5.32 Å². The molecule has 0 atom stereocenters. The third-order valence-electron chi connectivity index (χ3n) is 3.88. The van der Waals surface area contributed by atoms with Gasteiger partial charge >= 0.3 is 0 Å². The highest BCUT2D eigenvalue weighted by atomic mass is 16.5. The van der Waals surface area contributed by atoms with Crippen molar-refractivity contribution >= 4 is 10.8 Å². The highest BCUT2D eigenvalue weighted by Crippen LogP contribution is 2.35. The molecule has 2 aromatic rings. The molecule has 94 valence electrons. The summed E-state index contributed by atoms with van der Waals surface area (Å²) in [5.41, 5.74) is 1.37. The van der Waals surface area contributed by atoms with E-state index in [4.69, 9.17) is 4.74 Å². The van der Waals surface area contributed by atoms with E-state index in [9.17, 15) is 0 Å². The molecule has 0 aromatic heterocycles. The SMILES string of the molecule is COc1cc2ccccc2cc1C1CCNCC1. The van der Waals surface area contributed by atoms with E-state index in [-0.39, 0.29) is 0 Å². The van der Waals surface area contributed by atoms with Crippen molar-refractivity contribution in [2.24, 2.45) is 0 Å². The summed E-state index contributed by atoms with van der Waals surface area (Å²) in [6.45, 7) is 2.22. The van der Waals surface area contributed by atoms with Gasteiger partial charge in [-0.2, -0.15) is 0 Å². The molecule has 1 heterocycles. The average Bonchev–Trinajstić information content (AvgIpc) is 2.46. The Kier molecular flexibility index (Phi) is 3.20. The lowest BCUT2D eigenvalue weighted by Gasteiger charge is -2.25. The second kappa shape index (κ2) is 4.99. The van der Waals surface area contributed by atoms with Crippen molar-refractivity contribution in [3.8, 4) is 5.75 Å². The minimum absolute atomic E-state index is 0.630. The number of hydrogen-bond donors (Lipinski definition) is 1. The summed E-state index contributed by atoms with van der Waals surface area (Å²) >= 11 is 0. The van der Waals surface area contributed by atoms with Crippen molar-refractivity contribution in [1.29, 1.82) is 0 Å². The van der Waals surface area contributed by atoms with Gasteiger partial charge in [-0.3, -0.25) is 0 Å². The monoisotopic (exact) mass is 241 g/mol. The molecule has 2 aromatic carbocycles. The summed E-state index contributed by atoms with van der Waals surface area (Å²) in [6.07, 6.45) is 2.41. The maximum atomic E-state index is 5.59. The van der Waals surface area contributed by atoms with Gasteiger partial charge in [0.1, 0.15) is 5.75 Å². The maximum absolute atomic E-state index is 5.59. The van der Waals surface area contributed by atoms with E-state index in [1.54, 1.807) is 7.11 Å². The third-order valence-corrected chi connectivity index (χ3v) is 3.88. The number of nitrogens with one attached hydrogen (secondary N) is 1. The van der Waals surface area contributed by atoms with Crippen LogP contribution in [0.2, 0.25) is 0 Å². The minimum Gasteiger partial charge on any atom is -0.496 e. The topological polar surface area (TPSA) is 21.3 Å². The second-order valence-corrected chi connectivity index (χ2v) is 4.97. The number of piperidine rings is 1. The molecule has 0 amide bonds. The average molecular weight is 241 g/mol. The van der Waals surface area contributed by atoms with Crippen LogP contribution >= 0.6 is 0 Å². The van der Waals surface area contributed by atoms with E-state index >= 15 is 0 Å². The van der Waals surface area contributed by atoms with Crippen LogP contribution in [0.3, 0.4) is 0 Å². The van der Waals surface area contributed by atoms with Crippen LogP contribution in [0.15, 0.2) is 36.4 Å². The third kappa shape index (κ3) is 2.08. The van der Waals surface area contributed by atoms with Crippen LogP contribution in [0.4, 0.5) is 0 Å². The molecule has 18 heavy (non-hydrogen) atoms. The smallest absolute Gasteiger partial charge is 0.122 e. The van der Waals surface area contributed by atoms with Gasteiger partial charge in [-0.05, 0) is 60.3 Å². The molecule has 0 unspecified atom stereocenters. The Morgan fingerprint density at radius 3 is 2.39 bits per heavy atom. The number of benzene rings is 2. The highest BCUT2D eigenvalue weighted by Gasteiger charge is 2.19. The van der Waals surface area contributed by atoms with Crippen LogP contribution in [0.25, 0.3) is 10.8 Å². The fourth-order valence-corrected chi connectivity index (χ4v) is 2.87. The summed E-state index contributed by atoms with van der Waals surface area (Å²) in [6, 6.07) is 13.0. The Morgan fingerprint density at radius 1 is 1.06 bits per heavy atom. The Bertz CT molecular complexity index is 544. The number of methoxy groups -OCH3 is 1. The molecule has 1 fully saturated rings. The first-order chi connectivity index (χ1) is 8.88. The van der Waals surface area contributed by atoms with Gasteiger partial charge in [0.25, 0.3) is 0 Å². The van der Waals surface area contributed by atoms with Crippen LogP contribution in [-0.2, 0) is 0 Å². The van der Waals surface area contributed by atoms with E-state index in [2.05, 4.69) is 41.7 Å². The lowest BCUT2D eigenvalue weighted by atomic mass is 9.88. The highest BCUT2D eigenvalue weighted by molar-refractivity contribution is 5.85. The molecular weight excluding hydrogens is 222 g/mol. The first-order valence-electron chi connectivity index (χ1n) is 6.66. The lowest BCUT2D eigenvalue weighted by molar-refractivity contribution is 0.392. The molecule has 0 saturated carbocycles. The van der Waals surface area contributed by atoms with E-state index in [0.29, 0.717) is 5.92 Å². The maximum Gasteiger partial charge on any atom is 0.122 e. The van der Waals surface area contributed by atoms with Crippen LogP contribution < -0.4 is 10.1 Å². The summed E-state index contributed by atoms with van der Waals surface area (Å²) in [4.78, 5) is 0. The number of hydrogen-bond acceptors (Lipinski definition) is 2. The van der Waals surface area contributed by atoms with Gasteiger partial charge in [0.05, 0.1) is 7.11 Å². The largest absolute Gasteiger partial charge is 0.496 e. The Balaban J connectivity index is 2.08. The quantitative estimate of drug-likeness (QED) is 0.871. The summed E-state index contributed by atoms with van der Waals surface area (Å²) in [7, 11) is 1.77. The van der Waals surface area contributed by atoms with E-state index in [1.165, 1.54) is 29.2 Å². The zero-order chi connectivity index (χ0) is 12.4. The number of ether oxygens (including phenoxy) is 1. The zero-order valence-corrected chi connectivity index (χ0v) is 10.8. The fourth-order valence-electron chi connectivity index (χ4n) is 2.87. The van der Waals surface area contributed by atoms with E-state index < -0.39 is 0 Å². The Labute approximate surface area is 108 Å². The Morgan fingerprint density at radius 2 is 1.72 bits per heavy atom. The van der Waals surface area contributed by atoms with Crippen LogP contribution in [0.5, 0.6) is 5.75 Å². The van der Waals surface area contributed by atoms with E-state index in [0.717, 1.165) is 18.8 Å². The molecule has 1 aliphatic rings. The second-order valence-electron chi connectivity index (χ2n) is 4.97. The molecule has 1 saturated heterocycles. The van der Waals surface area contributed by atoms with Gasteiger partial charge in [0.15, 0.2) is 0 Å². The molecule has 2 heteroatoms. The minimum atomic E-state index is 0.630. The standard InChI is InChI=1S/C16H19NO/c1-18-16-11-14-5-3-2-4-13(14)10-15(16)12-6-8-17-9-7-12/h2-5,10-12,17H,6-9H2,1H3. The predicted octanol–water partition coefficient (Wildman–Crippen LogP) is 3.32. The van der Waals surface area contributed by atoms with Crippen LogP contribution in [0.1, 0.15) is 24.3 Å². The molecule has 0 aliphatic carbocycles. The molecule has 3 rings (SSSR count). The lowest BCUT2D eigenvalue weighted by Crippen LogP contribution is -2.26. The molecule has 1 aliphatic heterocycles. The summed E-state index contributed by atoms with van der Waals surface area (Å²) in [5, 5.41) is 5.99. The molecule has 2 nitrogen and oxygen atoms in total. The molecule has 0 spiro atoms. The van der Waals surface area contributed by atoms with Crippen LogP contribution in [0, 0.1) is 0 Å². The van der Waals surface area contributed by atoms with Gasteiger partial charge in [-0.1, -0.05) is 24.3 Å². The fraction of sp³-hybridized carbons (Fsp3) is 0.375. The van der Waals surface area contributed by atoms with Gasteiger partial charge in [-0.15, -0.1) is 0 Å². The van der Waals surface area contributed by atoms with Crippen LogP contribution in [-0.4, -0.2) is 20.2 Å². The normalized spacial score (nSPS) is 16.9. The van der Waals surface area contributed by atoms with Crippen molar-refractivity contribution < 1.29 is 4.74 Å². The van der Waals surface area contributed by atoms with Crippen molar-refractivity contribution in [2.45, 2.75) is 18.8 Å². The molecule has 0 radical (unpaired) electrons. The van der Waals surface area contributed by atoms with Crippen molar-refractivity contribution in [3.05, 3.63) is 42.0 Å². The van der Waals surface area contributed by atoms with Gasteiger partial charge in [0.2, 0.25) is 0 Å². The predicted molar refractivity (Wildman–Crippen MR) is 75.3 cm³/mol. The van der Waals surface area contributed by atoms with Crippen molar-refractivity contribution in [3.63, 3.8) is 0 Å². The zero-order valence-electron chi connectivity index (χ0n) is 10.8. The van der Waals surface area contributed by atoms with Gasteiger partial charge in [0, 0.05) is 0 Å².